The largest absolute Gasteiger partial charge is 0.361 e. The van der Waals surface area contributed by atoms with Gasteiger partial charge >= 0.3 is 0 Å². The SMILES string of the molecule is Cl.N[C@@H](CC(=O)N1CCSC1C(=O)NCCc1c[nH]c2ccccc12)Cc1cc(F)c(F)cc1F. The predicted octanol–water partition coefficient (Wildman–Crippen LogP) is 3.53. The van der Waals surface area contributed by atoms with Crippen LogP contribution in [0.25, 0.3) is 10.9 Å². The van der Waals surface area contributed by atoms with E-state index in [0.717, 1.165) is 22.5 Å². The van der Waals surface area contributed by atoms with E-state index in [4.69, 9.17) is 5.73 Å². The molecular formula is C24H26ClF3N4O2S. The van der Waals surface area contributed by atoms with Crippen molar-refractivity contribution >= 4 is 46.9 Å². The topological polar surface area (TPSA) is 91.2 Å². The van der Waals surface area contributed by atoms with E-state index < -0.39 is 28.9 Å². The molecule has 0 bridgehead atoms. The number of thioether (sulfide) groups is 1. The first-order chi connectivity index (χ1) is 16.3. The van der Waals surface area contributed by atoms with Crippen molar-refractivity contribution in [3.63, 3.8) is 0 Å². The third-order valence-corrected chi connectivity index (χ3v) is 7.01. The highest BCUT2D eigenvalue weighted by molar-refractivity contribution is 8.00. The van der Waals surface area contributed by atoms with Gasteiger partial charge in [-0.2, -0.15) is 0 Å². The molecule has 11 heteroatoms. The zero-order chi connectivity index (χ0) is 24.2. The average molecular weight is 527 g/mol. The van der Waals surface area contributed by atoms with Crippen molar-refractivity contribution in [3.8, 4) is 0 Å². The normalized spacial score (nSPS) is 16.2. The van der Waals surface area contributed by atoms with E-state index in [1.165, 1.54) is 16.7 Å². The number of H-pyrrole nitrogens is 1. The summed E-state index contributed by atoms with van der Waals surface area (Å²) in [5.41, 5.74) is 8.03. The zero-order valence-electron chi connectivity index (χ0n) is 18.7. The van der Waals surface area contributed by atoms with Crippen LogP contribution in [0.15, 0.2) is 42.6 Å². The number of carbonyl (C=O) groups excluding carboxylic acids is 2. The van der Waals surface area contributed by atoms with Crippen LogP contribution in [0, 0.1) is 17.5 Å². The number of hydrogen-bond donors (Lipinski definition) is 3. The Morgan fingerprint density at radius 1 is 1.14 bits per heavy atom. The Bertz CT molecular complexity index is 1210. The molecule has 4 rings (SSSR count). The molecule has 1 aliphatic rings. The molecule has 6 nitrogen and oxygen atoms in total. The van der Waals surface area contributed by atoms with Crippen molar-refractivity contribution in [2.24, 2.45) is 5.73 Å². The molecule has 2 heterocycles. The zero-order valence-corrected chi connectivity index (χ0v) is 20.4. The van der Waals surface area contributed by atoms with E-state index in [1.807, 2.05) is 30.5 Å². The molecular weight excluding hydrogens is 501 g/mol. The van der Waals surface area contributed by atoms with E-state index in [9.17, 15) is 22.8 Å². The van der Waals surface area contributed by atoms with Gasteiger partial charge in [-0.1, -0.05) is 18.2 Å². The van der Waals surface area contributed by atoms with Gasteiger partial charge in [0, 0.05) is 54.5 Å². The van der Waals surface area contributed by atoms with Crippen LogP contribution in [0.1, 0.15) is 17.5 Å². The van der Waals surface area contributed by atoms with Crippen LogP contribution >= 0.6 is 24.2 Å². The molecule has 1 aliphatic heterocycles. The second kappa shape index (κ2) is 11.8. The average Bonchev–Trinajstić information content (AvgIpc) is 3.45. The van der Waals surface area contributed by atoms with Gasteiger partial charge in [0.2, 0.25) is 5.91 Å². The van der Waals surface area contributed by atoms with Gasteiger partial charge in [0.25, 0.3) is 5.91 Å². The second-order valence-corrected chi connectivity index (χ2v) is 9.42. The number of hydrogen-bond acceptors (Lipinski definition) is 4. The molecule has 1 aromatic heterocycles. The Kier molecular flexibility index (Phi) is 9.09. The summed E-state index contributed by atoms with van der Waals surface area (Å²) in [6.07, 6.45) is 2.30. The van der Waals surface area contributed by atoms with E-state index in [1.54, 1.807) is 0 Å². The summed E-state index contributed by atoms with van der Waals surface area (Å²) in [5.74, 6) is -3.34. The van der Waals surface area contributed by atoms with Gasteiger partial charge in [0.1, 0.15) is 5.82 Å². The first-order valence-corrected chi connectivity index (χ1v) is 12.0. The Morgan fingerprint density at radius 3 is 2.69 bits per heavy atom. The van der Waals surface area contributed by atoms with Gasteiger partial charge in [-0.15, -0.1) is 24.2 Å². The van der Waals surface area contributed by atoms with Crippen LogP contribution in [0.5, 0.6) is 0 Å². The maximum absolute atomic E-state index is 13.9. The number of nitrogens with one attached hydrogen (secondary N) is 2. The number of nitrogens with zero attached hydrogens (tertiary/aromatic N) is 1. The van der Waals surface area contributed by atoms with Gasteiger partial charge in [-0.25, -0.2) is 13.2 Å². The van der Waals surface area contributed by atoms with Crippen molar-refractivity contribution in [1.82, 2.24) is 15.2 Å². The van der Waals surface area contributed by atoms with Gasteiger partial charge in [0.05, 0.1) is 0 Å². The number of rotatable bonds is 8. The minimum atomic E-state index is -1.28. The maximum atomic E-state index is 13.9. The molecule has 4 N–H and O–H groups in total. The van der Waals surface area contributed by atoms with Crippen LogP contribution < -0.4 is 11.1 Å². The van der Waals surface area contributed by atoms with E-state index in [0.29, 0.717) is 31.3 Å². The molecule has 2 aromatic carbocycles. The van der Waals surface area contributed by atoms with Crippen LogP contribution in [-0.4, -0.2) is 52.0 Å². The molecule has 2 amide bonds. The molecule has 3 aromatic rings. The Balaban J connectivity index is 0.00000342. The number of carbonyl (C=O) groups is 2. The fraction of sp³-hybridized carbons (Fsp3) is 0.333. The van der Waals surface area contributed by atoms with Crippen molar-refractivity contribution in [2.75, 3.05) is 18.8 Å². The first kappa shape index (κ1) is 26.9. The molecule has 1 saturated heterocycles. The fourth-order valence-electron chi connectivity index (χ4n) is 4.11. The number of fused-ring (bicyclic) bond motifs is 1. The van der Waals surface area contributed by atoms with Gasteiger partial charge in [-0.3, -0.25) is 9.59 Å². The van der Waals surface area contributed by atoms with E-state index >= 15 is 0 Å². The van der Waals surface area contributed by atoms with Gasteiger partial charge in [-0.05, 0) is 36.1 Å². The quantitative estimate of drug-likeness (QED) is 0.392. The Morgan fingerprint density at radius 2 is 1.89 bits per heavy atom. The number of aromatic amines is 1. The molecule has 35 heavy (non-hydrogen) atoms. The van der Waals surface area contributed by atoms with Crippen molar-refractivity contribution in [2.45, 2.75) is 30.7 Å². The van der Waals surface area contributed by atoms with Gasteiger partial charge in [0.15, 0.2) is 17.0 Å². The summed E-state index contributed by atoms with van der Waals surface area (Å²) in [5, 5.41) is 3.34. The highest BCUT2D eigenvalue weighted by Gasteiger charge is 2.35. The highest BCUT2D eigenvalue weighted by Crippen LogP contribution is 2.25. The highest BCUT2D eigenvalue weighted by atomic mass is 35.5. The lowest BCUT2D eigenvalue weighted by atomic mass is 10.0. The molecule has 2 atom stereocenters. The van der Waals surface area contributed by atoms with Crippen LogP contribution in [0.3, 0.4) is 0 Å². The second-order valence-electron chi connectivity index (χ2n) is 8.24. The predicted molar refractivity (Wildman–Crippen MR) is 133 cm³/mol. The van der Waals surface area contributed by atoms with Crippen molar-refractivity contribution in [1.29, 1.82) is 0 Å². The van der Waals surface area contributed by atoms with E-state index in [2.05, 4.69) is 10.3 Å². The standard InChI is InChI=1S/C24H25F3N4O2S.ClH/c25-18-12-20(27)19(26)10-15(18)9-16(28)11-22(32)31-7-8-34-24(31)23(33)29-6-5-14-13-30-21-4-2-1-3-17(14)21;/h1-4,10,12-13,16,24,30H,5-9,11,28H2,(H,29,33);1H/t16-,24?;/m1./s1. The number of nitrogens with two attached hydrogens (primary N) is 1. The third kappa shape index (κ3) is 6.31. The number of halogens is 4. The summed E-state index contributed by atoms with van der Waals surface area (Å²) < 4.78 is 40.4. The lowest BCUT2D eigenvalue weighted by Gasteiger charge is -2.24. The van der Waals surface area contributed by atoms with Crippen LogP contribution in [-0.2, 0) is 22.4 Å². The van der Waals surface area contributed by atoms with E-state index in [-0.39, 0.29) is 42.6 Å². The molecule has 0 radical (unpaired) electrons. The summed E-state index contributed by atoms with van der Waals surface area (Å²) in [7, 11) is 0. The number of aromatic nitrogens is 1. The summed E-state index contributed by atoms with van der Waals surface area (Å²) in [6.45, 7) is 0.824. The first-order valence-electron chi connectivity index (χ1n) is 11.0. The lowest BCUT2D eigenvalue weighted by molar-refractivity contribution is -0.136. The number of para-hydroxylation sites is 1. The fourth-order valence-corrected chi connectivity index (χ4v) is 5.27. The van der Waals surface area contributed by atoms with Crippen LogP contribution in [0.4, 0.5) is 13.2 Å². The minimum Gasteiger partial charge on any atom is -0.361 e. The lowest BCUT2D eigenvalue weighted by Crippen LogP contribution is -2.46. The number of amides is 2. The summed E-state index contributed by atoms with van der Waals surface area (Å²) in [6, 6.07) is 8.34. The summed E-state index contributed by atoms with van der Waals surface area (Å²) in [4.78, 5) is 30.2. The maximum Gasteiger partial charge on any atom is 0.253 e. The molecule has 188 valence electrons. The Hall–Kier alpha value is -2.69. The molecule has 0 spiro atoms. The van der Waals surface area contributed by atoms with Gasteiger partial charge < -0.3 is 20.9 Å². The third-order valence-electron chi connectivity index (χ3n) is 5.81. The van der Waals surface area contributed by atoms with Crippen molar-refractivity contribution in [3.05, 3.63) is 71.2 Å². The molecule has 1 unspecified atom stereocenters. The van der Waals surface area contributed by atoms with Crippen molar-refractivity contribution < 1.29 is 22.8 Å². The minimum absolute atomic E-state index is 0. The smallest absolute Gasteiger partial charge is 0.253 e. The Labute approximate surface area is 211 Å². The number of benzene rings is 2. The summed E-state index contributed by atoms with van der Waals surface area (Å²) >= 11 is 1.37. The molecule has 0 saturated carbocycles. The monoisotopic (exact) mass is 526 g/mol. The van der Waals surface area contributed by atoms with Crippen LogP contribution in [0.2, 0.25) is 0 Å². The molecule has 0 aliphatic carbocycles. The molecule has 1 fully saturated rings.